The SMILES string of the molecule is CCOC(CCN(C)C1CCN(CC)CC1)OCC. The van der Waals surface area contributed by atoms with Crippen LogP contribution in [-0.4, -0.2) is 68.6 Å². The van der Waals surface area contributed by atoms with Crippen LogP contribution in [0.25, 0.3) is 0 Å². The Hall–Kier alpha value is -0.160. The molecule has 0 unspecified atom stereocenters. The van der Waals surface area contributed by atoms with Gasteiger partial charge in [-0.3, -0.25) is 0 Å². The molecule has 19 heavy (non-hydrogen) atoms. The van der Waals surface area contributed by atoms with Crippen molar-refractivity contribution in [1.29, 1.82) is 0 Å². The molecule has 0 aliphatic carbocycles. The third-order valence-electron chi connectivity index (χ3n) is 4.05. The molecule has 0 spiro atoms. The Morgan fingerprint density at radius 3 is 2.16 bits per heavy atom. The minimum atomic E-state index is -0.0341. The predicted octanol–water partition coefficient (Wildman–Crippen LogP) is 2.19. The van der Waals surface area contributed by atoms with E-state index < -0.39 is 0 Å². The third-order valence-corrected chi connectivity index (χ3v) is 4.05. The number of ether oxygens (including phenoxy) is 2. The lowest BCUT2D eigenvalue weighted by atomic mass is 10.0. The zero-order valence-electron chi connectivity index (χ0n) is 13.2. The largest absolute Gasteiger partial charge is 0.353 e. The van der Waals surface area contributed by atoms with Gasteiger partial charge in [0.2, 0.25) is 0 Å². The van der Waals surface area contributed by atoms with Gasteiger partial charge in [0.1, 0.15) is 0 Å². The van der Waals surface area contributed by atoms with Crippen LogP contribution in [0.4, 0.5) is 0 Å². The molecule has 0 aromatic rings. The molecule has 114 valence electrons. The second-order valence-electron chi connectivity index (χ2n) is 5.27. The van der Waals surface area contributed by atoms with Gasteiger partial charge < -0.3 is 19.3 Å². The van der Waals surface area contributed by atoms with Gasteiger partial charge in [0.25, 0.3) is 0 Å². The fourth-order valence-corrected chi connectivity index (χ4v) is 2.75. The summed E-state index contributed by atoms with van der Waals surface area (Å²) in [5, 5.41) is 0. The van der Waals surface area contributed by atoms with Gasteiger partial charge >= 0.3 is 0 Å². The smallest absolute Gasteiger partial charge is 0.158 e. The van der Waals surface area contributed by atoms with Crippen molar-refractivity contribution in [3.8, 4) is 0 Å². The van der Waals surface area contributed by atoms with E-state index in [1.807, 2.05) is 13.8 Å². The number of hydrogen-bond donors (Lipinski definition) is 0. The summed E-state index contributed by atoms with van der Waals surface area (Å²) in [6.07, 6.45) is 3.51. The van der Waals surface area contributed by atoms with E-state index >= 15 is 0 Å². The van der Waals surface area contributed by atoms with Gasteiger partial charge in [0, 0.05) is 32.2 Å². The molecule has 0 radical (unpaired) electrons. The van der Waals surface area contributed by atoms with Crippen molar-refractivity contribution in [3.63, 3.8) is 0 Å². The molecular weight excluding hydrogens is 240 g/mol. The highest BCUT2D eigenvalue weighted by molar-refractivity contribution is 4.77. The summed E-state index contributed by atoms with van der Waals surface area (Å²) in [5.74, 6) is 0. The Labute approximate surface area is 119 Å². The highest BCUT2D eigenvalue weighted by atomic mass is 16.7. The van der Waals surface area contributed by atoms with Gasteiger partial charge in [-0.05, 0) is 53.4 Å². The minimum absolute atomic E-state index is 0.0341. The van der Waals surface area contributed by atoms with E-state index in [0.717, 1.165) is 32.2 Å². The van der Waals surface area contributed by atoms with Gasteiger partial charge in [0.05, 0.1) is 0 Å². The molecule has 0 amide bonds. The van der Waals surface area contributed by atoms with E-state index in [1.54, 1.807) is 0 Å². The molecule has 0 aromatic heterocycles. The Kier molecular flexibility index (Phi) is 8.62. The first-order chi connectivity index (χ1) is 9.21. The fourth-order valence-electron chi connectivity index (χ4n) is 2.75. The van der Waals surface area contributed by atoms with Crippen molar-refractivity contribution in [3.05, 3.63) is 0 Å². The topological polar surface area (TPSA) is 24.9 Å². The molecule has 1 rings (SSSR count). The summed E-state index contributed by atoms with van der Waals surface area (Å²) in [4.78, 5) is 5.02. The average Bonchev–Trinajstić information content (AvgIpc) is 2.45. The van der Waals surface area contributed by atoms with Crippen LogP contribution in [0.3, 0.4) is 0 Å². The summed E-state index contributed by atoms with van der Waals surface area (Å²) >= 11 is 0. The lowest BCUT2D eigenvalue weighted by Crippen LogP contribution is -2.44. The molecule has 1 heterocycles. The van der Waals surface area contributed by atoms with Crippen molar-refractivity contribution >= 4 is 0 Å². The monoisotopic (exact) mass is 272 g/mol. The maximum atomic E-state index is 5.60. The van der Waals surface area contributed by atoms with Crippen molar-refractivity contribution in [2.45, 2.75) is 52.4 Å². The van der Waals surface area contributed by atoms with Crippen LogP contribution in [0.2, 0.25) is 0 Å². The van der Waals surface area contributed by atoms with E-state index in [2.05, 4.69) is 23.8 Å². The Morgan fingerprint density at radius 1 is 1.11 bits per heavy atom. The highest BCUT2D eigenvalue weighted by Gasteiger charge is 2.22. The van der Waals surface area contributed by atoms with Crippen molar-refractivity contribution in [1.82, 2.24) is 9.80 Å². The lowest BCUT2D eigenvalue weighted by Gasteiger charge is -2.36. The summed E-state index contributed by atoms with van der Waals surface area (Å²) < 4.78 is 11.2. The predicted molar refractivity (Wildman–Crippen MR) is 79.4 cm³/mol. The van der Waals surface area contributed by atoms with Crippen molar-refractivity contribution in [2.75, 3.05) is 46.4 Å². The Bertz CT molecular complexity index is 212. The quantitative estimate of drug-likeness (QED) is 0.601. The zero-order chi connectivity index (χ0) is 14.1. The van der Waals surface area contributed by atoms with Gasteiger partial charge in [-0.2, -0.15) is 0 Å². The Morgan fingerprint density at radius 2 is 1.68 bits per heavy atom. The number of rotatable bonds is 9. The molecule has 4 heteroatoms. The average molecular weight is 272 g/mol. The molecule has 1 fully saturated rings. The third kappa shape index (κ3) is 6.21. The van der Waals surface area contributed by atoms with E-state index in [4.69, 9.17) is 9.47 Å². The van der Waals surface area contributed by atoms with E-state index in [0.29, 0.717) is 0 Å². The molecule has 0 N–H and O–H groups in total. The molecule has 0 aromatic carbocycles. The number of piperidine rings is 1. The fraction of sp³-hybridized carbons (Fsp3) is 1.00. The van der Waals surface area contributed by atoms with E-state index in [1.165, 1.54) is 32.5 Å². The van der Waals surface area contributed by atoms with Crippen LogP contribution in [0.1, 0.15) is 40.0 Å². The van der Waals surface area contributed by atoms with Crippen LogP contribution in [0.5, 0.6) is 0 Å². The van der Waals surface area contributed by atoms with Crippen LogP contribution >= 0.6 is 0 Å². The first kappa shape index (κ1) is 16.9. The zero-order valence-corrected chi connectivity index (χ0v) is 13.2. The molecule has 0 saturated carbocycles. The molecule has 1 aliphatic heterocycles. The summed E-state index contributed by atoms with van der Waals surface area (Å²) in [6.45, 7) is 12.5. The van der Waals surface area contributed by atoms with Crippen molar-refractivity contribution < 1.29 is 9.47 Å². The van der Waals surface area contributed by atoms with Gasteiger partial charge in [-0.25, -0.2) is 0 Å². The normalized spacial score (nSPS) is 18.6. The minimum Gasteiger partial charge on any atom is -0.353 e. The first-order valence-corrected chi connectivity index (χ1v) is 7.87. The lowest BCUT2D eigenvalue weighted by molar-refractivity contribution is -0.142. The van der Waals surface area contributed by atoms with Gasteiger partial charge in [0.15, 0.2) is 6.29 Å². The second kappa shape index (κ2) is 9.70. The van der Waals surface area contributed by atoms with Crippen molar-refractivity contribution in [2.24, 2.45) is 0 Å². The molecular formula is C15H32N2O2. The second-order valence-corrected chi connectivity index (χ2v) is 5.27. The number of nitrogens with zero attached hydrogens (tertiary/aromatic N) is 2. The van der Waals surface area contributed by atoms with Crippen LogP contribution in [-0.2, 0) is 9.47 Å². The Balaban J connectivity index is 2.24. The summed E-state index contributed by atoms with van der Waals surface area (Å²) in [5.41, 5.74) is 0. The maximum absolute atomic E-state index is 5.60. The maximum Gasteiger partial charge on any atom is 0.158 e. The molecule has 0 atom stereocenters. The molecule has 4 nitrogen and oxygen atoms in total. The molecule has 0 bridgehead atoms. The van der Waals surface area contributed by atoms with Crippen LogP contribution in [0.15, 0.2) is 0 Å². The first-order valence-electron chi connectivity index (χ1n) is 7.87. The summed E-state index contributed by atoms with van der Waals surface area (Å²) in [7, 11) is 2.24. The van der Waals surface area contributed by atoms with Crippen LogP contribution in [0, 0.1) is 0 Å². The standard InChI is InChI=1S/C15H32N2O2/c1-5-17-12-8-14(9-13-17)16(4)11-10-15(18-6-2)19-7-3/h14-15H,5-13H2,1-4H3. The van der Waals surface area contributed by atoms with E-state index in [-0.39, 0.29) is 6.29 Å². The van der Waals surface area contributed by atoms with Crippen LogP contribution < -0.4 is 0 Å². The van der Waals surface area contributed by atoms with Gasteiger partial charge in [-0.1, -0.05) is 6.92 Å². The molecule has 1 saturated heterocycles. The number of likely N-dealkylation sites (tertiary alicyclic amines) is 1. The molecule has 1 aliphatic rings. The van der Waals surface area contributed by atoms with E-state index in [9.17, 15) is 0 Å². The van der Waals surface area contributed by atoms with Gasteiger partial charge in [-0.15, -0.1) is 0 Å². The highest BCUT2D eigenvalue weighted by Crippen LogP contribution is 2.16. The number of hydrogen-bond acceptors (Lipinski definition) is 4. The summed E-state index contributed by atoms with van der Waals surface area (Å²) in [6, 6.07) is 0.728.